The summed E-state index contributed by atoms with van der Waals surface area (Å²) in [6, 6.07) is 7.24. The van der Waals surface area contributed by atoms with Crippen molar-refractivity contribution in [3.05, 3.63) is 29.8 Å². The molecular formula is C15H24N2O3. The van der Waals surface area contributed by atoms with E-state index in [0.717, 1.165) is 5.56 Å². The molecule has 5 nitrogen and oxygen atoms in total. The molecule has 0 spiro atoms. The number of para-hydroxylation sites is 1. The summed E-state index contributed by atoms with van der Waals surface area (Å²) in [5.41, 5.74) is 7.51. The molecule has 0 saturated carbocycles. The normalized spacial score (nSPS) is 14.2. The highest BCUT2D eigenvalue weighted by atomic mass is 16.4. The number of carboxylic acids is 1. The van der Waals surface area contributed by atoms with E-state index in [2.05, 4.69) is 5.32 Å². The van der Waals surface area contributed by atoms with Gasteiger partial charge in [0, 0.05) is 18.3 Å². The standard InChI is InChI=1S/C15H24N2O3/c1-10(2)7-13(14(18)8-15(19)20)17-9-11-5-3-4-6-12(11)16/h3-6,10,13-14,17-18H,7-9,16H2,1-2H3,(H,19,20)/t13-,14-/m0/s1. The lowest BCUT2D eigenvalue weighted by atomic mass is 9.97. The molecule has 1 aromatic rings. The van der Waals surface area contributed by atoms with Gasteiger partial charge in [-0.1, -0.05) is 32.0 Å². The number of rotatable bonds is 8. The first-order valence-corrected chi connectivity index (χ1v) is 6.86. The zero-order valence-electron chi connectivity index (χ0n) is 12.0. The van der Waals surface area contributed by atoms with E-state index in [9.17, 15) is 9.90 Å². The predicted molar refractivity (Wildman–Crippen MR) is 79.2 cm³/mol. The van der Waals surface area contributed by atoms with Gasteiger partial charge in [-0.3, -0.25) is 4.79 Å². The van der Waals surface area contributed by atoms with Crippen molar-refractivity contribution in [3.8, 4) is 0 Å². The number of aliphatic hydroxyl groups is 1. The molecule has 0 radical (unpaired) electrons. The molecule has 1 aromatic carbocycles. The third-order valence-electron chi connectivity index (χ3n) is 3.18. The Hall–Kier alpha value is -1.59. The van der Waals surface area contributed by atoms with Crippen molar-refractivity contribution < 1.29 is 15.0 Å². The van der Waals surface area contributed by atoms with Gasteiger partial charge in [0.25, 0.3) is 0 Å². The molecule has 0 aliphatic carbocycles. The van der Waals surface area contributed by atoms with Gasteiger partial charge in [0.1, 0.15) is 0 Å². The molecule has 0 bridgehead atoms. The molecule has 0 aliphatic rings. The van der Waals surface area contributed by atoms with Crippen molar-refractivity contribution in [2.24, 2.45) is 5.92 Å². The van der Waals surface area contributed by atoms with Crippen LogP contribution in [-0.2, 0) is 11.3 Å². The van der Waals surface area contributed by atoms with Crippen LogP contribution in [0.3, 0.4) is 0 Å². The molecule has 112 valence electrons. The monoisotopic (exact) mass is 280 g/mol. The van der Waals surface area contributed by atoms with Gasteiger partial charge in [0.05, 0.1) is 12.5 Å². The highest BCUT2D eigenvalue weighted by molar-refractivity contribution is 5.67. The molecule has 0 aliphatic heterocycles. The zero-order chi connectivity index (χ0) is 15.1. The number of carboxylic acid groups (broad SMARTS) is 1. The van der Waals surface area contributed by atoms with E-state index in [0.29, 0.717) is 24.6 Å². The van der Waals surface area contributed by atoms with Crippen LogP contribution in [0.25, 0.3) is 0 Å². The summed E-state index contributed by atoms with van der Waals surface area (Å²) in [4.78, 5) is 10.7. The molecule has 0 amide bonds. The average molecular weight is 280 g/mol. The predicted octanol–water partition coefficient (Wildman–Crippen LogP) is 1.61. The number of nitrogen functional groups attached to an aromatic ring is 1. The van der Waals surface area contributed by atoms with E-state index in [1.807, 2.05) is 38.1 Å². The SMILES string of the molecule is CC(C)C[C@H](NCc1ccccc1N)[C@@H](O)CC(=O)O. The van der Waals surface area contributed by atoms with Gasteiger partial charge in [-0.05, 0) is 24.0 Å². The number of hydrogen-bond acceptors (Lipinski definition) is 4. The summed E-state index contributed by atoms with van der Waals surface area (Å²) in [5, 5.41) is 22.0. The Morgan fingerprint density at radius 1 is 1.35 bits per heavy atom. The Morgan fingerprint density at radius 3 is 2.55 bits per heavy atom. The maximum atomic E-state index is 10.7. The molecule has 0 unspecified atom stereocenters. The van der Waals surface area contributed by atoms with Crippen LogP contribution in [-0.4, -0.2) is 28.3 Å². The third kappa shape index (κ3) is 5.59. The van der Waals surface area contributed by atoms with Gasteiger partial charge in [-0.2, -0.15) is 0 Å². The Kier molecular flexibility index (Phi) is 6.48. The van der Waals surface area contributed by atoms with E-state index < -0.39 is 12.1 Å². The van der Waals surface area contributed by atoms with Crippen LogP contribution in [0.15, 0.2) is 24.3 Å². The maximum Gasteiger partial charge on any atom is 0.306 e. The Labute approximate surface area is 119 Å². The number of anilines is 1. The van der Waals surface area contributed by atoms with E-state index in [4.69, 9.17) is 10.8 Å². The zero-order valence-corrected chi connectivity index (χ0v) is 12.0. The number of nitrogens with two attached hydrogens (primary N) is 1. The Bertz CT molecular complexity index is 435. The first kappa shape index (κ1) is 16.5. The summed E-state index contributed by atoms with van der Waals surface area (Å²) >= 11 is 0. The van der Waals surface area contributed by atoms with Crippen LogP contribution in [0.4, 0.5) is 5.69 Å². The van der Waals surface area contributed by atoms with Gasteiger partial charge >= 0.3 is 5.97 Å². The fourth-order valence-corrected chi connectivity index (χ4v) is 2.14. The largest absolute Gasteiger partial charge is 0.481 e. The number of aliphatic carboxylic acids is 1. The minimum Gasteiger partial charge on any atom is -0.481 e. The minimum absolute atomic E-state index is 0.255. The quantitative estimate of drug-likeness (QED) is 0.543. The lowest BCUT2D eigenvalue weighted by Gasteiger charge is -2.25. The van der Waals surface area contributed by atoms with Gasteiger partial charge in [0.2, 0.25) is 0 Å². The van der Waals surface area contributed by atoms with Crippen LogP contribution in [0, 0.1) is 5.92 Å². The van der Waals surface area contributed by atoms with Crippen molar-refractivity contribution in [1.82, 2.24) is 5.32 Å². The lowest BCUT2D eigenvalue weighted by Crippen LogP contribution is -2.41. The Balaban J connectivity index is 2.65. The van der Waals surface area contributed by atoms with Crippen LogP contribution in [0.1, 0.15) is 32.3 Å². The summed E-state index contributed by atoms with van der Waals surface area (Å²) in [6.07, 6.45) is -0.449. The molecule has 2 atom stereocenters. The first-order valence-electron chi connectivity index (χ1n) is 6.86. The van der Waals surface area contributed by atoms with E-state index in [1.54, 1.807) is 0 Å². The molecule has 0 saturated heterocycles. The summed E-state index contributed by atoms with van der Waals surface area (Å²) < 4.78 is 0. The van der Waals surface area contributed by atoms with Gasteiger partial charge < -0.3 is 21.3 Å². The molecule has 5 heteroatoms. The molecule has 0 aromatic heterocycles. The molecule has 1 rings (SSSR count). The van der Waals surface area contributed by atoms with Crippen molar-refractivity contribution in [2.75, 3.05) is 5.73 Å². The van der Waals surface area contributed by atoms with Crippen LogP contribution in [0.2, 0.25) is 0 Å². The molecule has 0 fully saturated rings. The fraction of sp³-hybridized carbons (Fsp3) is 0.533. The Morgan fingerprint density at radius 2 is 2.00 bits per heavy atom. The van der Waals surface area contributed by atoms with Gasteiger partial charge in [0.15, 0.2) is 0 Å². The second-order valence-electron chi connectivity index (χ2n) is 5.48. The summed E-state index contributed by atoms with van der Waals surface area (Å²) in [6.45, 7) is 4.60. The van der Waals surface area contributed by atoms with Gasteiger partial charge in [-0.25, -0.2) is 0 Å². The molecule has 20 heavy (non-hydrogen) atoms. The molecule has 0 heterocycles. The second-order valence-corrected chi connectivity index (χ2v) is 5.48. The van der Waals surface area contributed by atoms with E-state index in [1.165, 1.54) is 0 Å². The highest BCUT2D eigenvalue weighted by Gasteiger charge is 2.22. The first-order chi connectivity index (χ1) is 9.40. The number of nitrogens with one attached hydrogen (secondary N) is 1. The van der Waals surface area contributed by atoms with Crippen molar-refractivity contribution in [1.29, 1.82) is 0 Å². The van der Waals surface area contributed by atoms with Crippen molar-refractivity contribution >= 4 is 11.7 Å². The summed E-state index contributed by atoms with van der Waals surface area (Å²) in [5.74, 6) is -0.628. The number of benzene rings is 1. The fourth-order valence-electron chi connectivity index (χ4n) is 2.14. The van der Waals surface area contributed by atoms with Crippen LogP contribution in [0.5, 0.6) is 0 Å². The van der Waals surface area contributed by atoms with Crippen LogP contribution >= 0.6 is 0 Å². The molecule has 5 N–H and O–H groups in total. The lowest BCUT2D eigenvalue weighted by molar-refractivity contribution is -0.139. The highest BCUT2D eigenvalue weighted by Crippen LogP contribution is 2.14. The van der Waals surface area contributed by atoms with Crippen LogP contribution < -0.4 is 11.1 Å². The third-order valence-corrected chi connectivity index (χ3v) is 3.18. The minimum atomic E-state index is -0.993. The summed E-state index contributed by atoms with van der Waals surface area (Å²) in [7, 11) is 0. The molecular weight excluding hydrogens is 256 g/mol. The van der Waals surface area contributed by atoms with E-state index in [-0.39, 0.29) is 12.5 Å². The topological polar surface area (TPSA) is 95.6 Å². The van der Waals surface area contributed by atoms with Crippen molar-refractivity contribution in [2.45, 2.75) is 45.4 Å². The maximum absolute atomic E-state index is 10.7. The van der Waals surface area contributed by atoms with Gasteiger partial charge in [-0.15, -0.1) is 0 Å². The van der Waals surface area contributed by atoms with Crippen molar-refractivity contribution in [3.63, 3.8) is 0 Å². The number of aliphatic hydroxyl groups excluding tert-OH is 1. The average Bonchev–Trinajstić information content (AvgIpc) is 2.34. The number of carbonyl (C=O) groups is 1. The smallest absolute Gasteiger partial charge is 0.306 e. The van der Waals surface area contributed by atoms with E-state index >= 15 is 0 Å². The second kappa shape index (κ2) is 7.87. The number of hydrogen-bond donors (Lipinski definition) is 4.